The molecule has 4 nitrogen and oxygen atoms in total. The molecule has 7 heteroatoms. The van der Waals surface area contributed by atoms with Gasteiger partial charge in [-0.2, -0.15) is 0 Å². The molecule has 0 aromatic heterocycles. The number of halogens is 2. The Morgan fingerprint density at radius 3 is 2.63 bits per heavy atom. The van der Waals surface area contributed by atoms with Crippen molar-refractivity contribution in [2.45, 2.75) is 37.3 Å². The van der Waals surface area contributed by atoms with Gasteiger partial charge in [0.25, 0.3) is 0 Å². The van der Waals surface area contributed by atoms with Gasteiger partial charge in [-0.05, 0) is 30.0 Å². The van der Waals surface area contributed by atoms with Gasteiger partial charge < -0.3 is 5.11 Å². The first-order valence-corrected chi connectivity index (χ1v) is 8.24. The number of aliphatic hydroxyl groups excluding tert-OH is 1. The fraction of sp³-hybridized carbons (Fsp3) is 0.500. The lowest BCUT2D eigenvalue weighted by Gasteiger charge is -2.11. The van der Waals surface area contributed by atoms with E-state index >= 15 is 0 Å². The van der Waals surface area contributed by atoms with Crippen LogP contribution in [0.1, 0.15) is 25.3 Å². The molecule has 1 aromatic rings. The molecule has 2 rings (SSSR count). The van der Waals surface area contributed by atoms with E-state index in [4.69, 9.17) is 28.3 Å². The van der Waals surface area contributed by atoms with Crippen LogP contribution in [0.25, 0.3) is 0 Å². The summed E-state index contributed by atoms with van der Waals surface area (Å²) in [5.41, 5.74) is 0.303. The van der Waals surface area contributed by atoms with Crippen molar-refractivity contribution in [3.05, 3.63) is 27.7 Å². The van der Waals surface area contributed by atoms with Crippen molar-refractivity contribution in [1.29, 1.82) is 0 Å². The molecule has 0 radical (unpaired) electrons. The second-order valence-corrected chi connectivity index (χ2v) is 7.16. The molecule has 2 N–H and O–H groups in total. The monoisotopic (exact) mass is 323 g/mol. The maximum absolute atomic E-state index is 12.2. The van der Waals surface area contributed by atoms with E-state index in [2.05, 4.69) is 4.72 Å². The smallest absolute Gasteiger partial charge is 0.242 e. The van der Waals surface area contributed by atoms with Crippen LogP contribution in [-0.4, -0.2) is 19.6 Å². The Morgan fingerprint density at radius 1 is 1.42 bits per heavy atom. The topological polar surface area (TPSA) is 66.4 Å². The molecule has 1 fully saturated rings. The van der Waals surface area contributed by atoms with Gasteiger partial charge in [0.15, 0.2) is 0 Å². The summed E-state index contributed by atoms with van der Waals surface area (Å²) in [5, 5.41) is 9.40. The van der Waals surface area contributed by atoms with E-state index in [-0.39, 0.29) is 27.6 Å². The summed E-state index contributed by atoms with van der Waals surface area (Å²) in [4.78, 5) is -0.0764. The van der Waals surface area contributed by atoms with Crippen LogP contribution in [0.5, 0.6) is 0 Å². The van der Waals surface area contributed by atoms with Crippen LogP contribution >= 0.6 is 23.2 Å². The van der Waals surface area contributed by atoms with Crippen molar-refractivity contribution >= 4 is 33.2 Å². The zero-order valence-corrected chi connectivity index (χ0v) is 12.7. The van der Waals surface area contributed by atoms with Gasteiger partial charge in [0.2, 0.25) is 10.0 Å². The molecule has 0 amide bonds. The number of hydrogen-bond donors (Lipinski definition) is 2. The van der Waals surface area contributed by atoms with Crippen LogP contribution in [0.15, 0.2) is 17.0 Å². The maximum atomic E-state index is 12.2. The highest BCUT2D eigenvalue weighted by molar-refractivity contribution is 7.89. The summed E-state index contributed by atoms with van der Waals surface area (Å²) >= 11 is 11.9. The number of aliphatic hydroxyl groups is 1. The van der Waals surface area contributed by atoms with E-state index < -0.39 is 10.0 Å². The largest absolute Gasteiger partial charge is 0.392 e. The van der Waals surface area contributed by atoms with Crippen molar-refractivity contribution in [2.24, 2.45) is 5.92 Å². The maximum Gasteiger partial charge on any atom is 0.242 e. The van der Waals surface area contributed by atoms with E-state index in [1.807, 2.05) is 6.92 Å². The molecule has 1 saturated carbocycles. The first kappa shape index (κ1) is 15.1. The number of rotatable bonds is 5. The molecule has 0 heterocycles. The standard InChI is InChI=1S/C12H15Cl2NO3S/c1-2-7-4-10(7)15-19(17,18)11-5-9(13)3-8(6-16)12(11)14/h3,5,7,10,15-16H,2,4,6H2,1H3. The van der Waals surface area contributed by atoms with E-state index in [0.717, 1.165) is 12.8 Å². The van der Waals surface area contributed by atoms with Crippen molar-refractivity contribution in [3.63, 3.8) is 0 Å². The van der Waals surface area contributed by atoms with Crippen LogP contribution in [0, 0.1) is 5.92 Å². The second-order valence-electron chi connectivity index (χ2n) is 4.67. The minimum Gasteiger partial charge on any atom is -0.392 e. The SMILES string of the molecule is CCC1CC1NS(=O)(=O)c1cc(Cl)cc(CO)c1Cl. The predicted octanol–water partition coefficient (Wildman–Crippen LogP) is 2.56. The van der Waals surface area contributed by atoms with Gasteiger partial charge in [-0.25, -0.2) is 13.1 Å². The van der Waals surface area contributed by atoms with Gasteiger partial charge >= 0.3 is 0 Å². The summed E-state index contributed by atoms with van der Waals surface area (Å²) in [6, 6.07) is 2.73. The Kier molecular flexibility index (Phi) is 4.42. The van der Waals surface area contributed by atoms with E-state index in [1.165, 1.54) is 12.1 Å². The Balaban J connectivity index is 2.32. The molecule has 1 aliphatic rings. The highest BCUT2D eigenvalue weighted by Crippen LogP contribution is 2.36. The Bertz CT molecular complexity index is 589. The first-order chi connectivity index (χ1) is 8.89. The molecule has 2 unspecified atom stereocenters. The van der Waals surface area contributed by atoms with Crippen LogP contribution < -0.4 is 4.72 Å². The molecule has 0 spiro atoms. The van der Waals surface area contributed by atoms with E-state index in [1.54, 1.807) is 0 Å². The van der Waals surface area contributed by atoms with Gasteiger partial charge in [0.1, 0.15) is 4.90 Å². The van der Waals surface area contributed by atoms with Crippen molar-refractivity contribution < 1.29 is 13.5 Å². The molecule has 1 aromatic carbocycles. The Labute approximate surface area is 122 Å². The zero-order valence-electron chi connectivity index (χ0n) is 10.4. The average molecular weight is 324 g/mol. The van der Waals surface area contributed by atoms with Crippen molar-refractivity contribution in [2.75, 3.05) is 0 Å². The van der Waals surface area contributed by atoms with Crippen molar-refractivity contribution in [1.82, 2.24) is 4.72 Å². The third-order valence-electron chi connectivity index (χ3n) is 3.29. The molecule has 1 aliphatic carbocycles. The van der Waals surface area contributed by atoms with Crippen LogP contribution in [0.4, 0.5) is 0 Å². The molecular weight excluding hydrogens is 309 g/mol. The normalized spacial score (nSPS) is 22.5. The fourth-order valence-electron chi connectivity index (χ4n) is 2.03. The number of benzene rings is 1. The van der Waals surface area contributed by atoms with Gasteiger partial charge in [-0.1, -0.05) is 36.5 Å². The van der Waals surface area contributed by atoms with Crippen LogP contribution in [0.2, 0.25) is 10.0 Å². The minimum absolute atomic E-state index is 0.0214. The Hall–Kier alpha value is -0.330. The van der Waals surface area contributed by atoms with Gasteiger partial charge in [0.05, 0.1) is 11.6 Å². The molecule has 19 heavy (non-hydrogen) atoms. The van der Waals surface area contributed by atoms with Gasteiger partial charge in [-0.15, -0.1) is 0 Å². The first-order valence-electron chi connectivity index (χ1n) is 6.00. The highest BCUT2D eigenvalue weighted by atomic mass is 35.5. The molecular formula is C12H15Cl2NO3S. The highest BCUT2D eigenvalue weighted by Gasteiger charge is 2.39. The Morgan fingerprint density at radius 2 is 2.11 bits per heavy atom. The van der Waals surface area contributed by atoms with Gasteiger partial charge in [0, 0.05) is 11.1 Å². The quantitative estimate of drug-likeness (QED) is 0.875. The summed E-state index contributed by atoms with van der Waals surface area (Å²) in [6.07, 6.45) is 1.79. The summed E-state index contributed by atoms with van der Waals surface area (Å²) in [6.45, 7) is 1.66. The molecule has 106 valence electrons. The lowest BCUT2D eigenvalue weighted by molar-refractivity contribution is 0.281. The van der Waals surface area contributed by atoms with Crippen LogP contribution in [0.3, 0.4) is 0 Å². The minimum atomic E-state index is -3.70. The molecule has 0 aliphatic heterocycles. The third-order valence-corrected chi connectivity index (χ3v) is 5.58. The van der Waals surface area contributed by atoms with Crippen LogP contribution in [-0.2, 0) is 16.6 Å². The van der Waals surface area contributed by atoms with E-state index in [9.17, 15) is 8.42 Å². The lowest BCUT2D eigenvalue weighted by atomic mass is 10.2. The van der Waals surface area contributed by atoms with Gasteiger partial charge in [-0.3, -0.25) is 0 Å². The predicted molar refractivity (Wildman–Crippen MR) is 74.9 cm³/mol. The average Bonchev–Trinajstić information content (AvgIpc) is 3.09. The second kappa shape index (κ2) is 5.58. The number of sulfonamides is 1. The summed E-state index contributed by atoms with van der Waals surface area (Å²) in [5.74, 6) is 0.394. The lowest BCUT2D eigenvalue weighted by Crippen LogP contribution is -2.27. The molecule has 0 saturated heterocycles. The fourth-order valence-corrected chi connectivity index (χ4v) is 4.28. The third kappa shape index (κ3) is 3.23. The zero-order chi connectivity index (χ0) is 14.2. The summed E-state index contributed by atoms with van der Waals surface area (Å²) < 4.78 is 27.1. The van der Waals surface area contributed by atoms with E-state index in [0.29, 0.717) is 11.5 Å². The van der Waals surface area contributed by atoms with Crippen molar-refractivity contribution in [3.8, 4) is 0 Å². The molecule has 2 atom stereocenters. The number of hydrogen-bond acceptors (Lipinski definition) is 3. The molecule has 0 bridgehead atoms. The number of nitrogens with one attached hydrogen (secondary N) is 1. The summed E-state index contributed by atoms with van der Waals surface area (Å²) in [7, 11) is -3.70.